The number of carbonyl (C=O) groups excluding carboxylic acids is 1. The number of rotatable bonds is 6. The monoisotopic (exact) mass is 281 g/mol. The molecule has 0 radical (unpaired) electrons. The molecule has 1 amide bonds. The van der Waals surface area contributed by atoms with Crippen LogP contribution < -0.4 is 5.32 Å². The second-order valence-corrected chi connectivity index (χ2v) is 6.42. The fraction of sp³-hybridized carbons (Fsp3) is 0.938. The van der Waals surface area contributed by atoms with Crippen LogP contribution in [0.4, 0.5) is 0 Å². The van der Waals surface area contributed by atoms with E-state index in [0.29, 0.717) is 11.8 Å². The Balaban J connectivity index is 1.89. The van der Waals surface area contributed by atoms with Gasteiger partial charge in [-0.2, -0.15) is 0 Å². The molecule has 0 aromatic heterocycles. The first-order valence-corrected chi connectivity index (χ1v) is 8.46. The number of nitrogens with one attached hydrogen (secondary N) is 1. The summed E-state index contributed by atoms with van der Waals surface area (Å²) in [4.78, 5) is 17.0. The van der Waals surface area contributed by atoms with Crippen molar-refractivity contribution in [2.75, 3.05) is 39.3 Å². The molecule has 4 heteroatoms. The fourth-order valence-electron chi connectivity index (χ4n) is 3.50. The number of hydrogen-bond donors (Lipinski definition) is 1. The number of amides is 1. The summed E-state index contributed by atoms with van der Waals surface area (Å²) < 4.78 is 0. The third kappa shape index (κ3) is 4.19. The molecular weight excluding hydrogens is 250 g/mol. The largest absolute Gasteiger partial charge is 0.341 e. The van der Waals surface area contributed by atoms with Crippen LogP contribution in [0.5, 0.6) is 0 Å². The van der Waals surface area contributed by atoms with E-state index in [9.17, 15) is 4.79 Å². The molecule has 1 N–H and O–H groups in total. The molecule has 2 heterocycles. The summed E-state index contributed by atoms with van der Waals surface area (Å²) in [6.07, 6.45) is 6.06. The van der Waals surface area contributed by atoms with Gasteiger partial charge in [-0.05, 0) is 64.6 Å². The van der Waals surface area contributed by atoms with Gasteiger partial charge in [-0.3, -0.25) is 9.69 Å². The third-order valence-corrected chi connectivity index (χ3v) is 4.73. The number of carbonyl (C=O) groups is 1. The maximum atomic E-state index is 12.6. The maximum Gasteiger partial charge on any atom is 0.239 e. The highest BCUT2D eigenvalue weighted by Crippen LogP contribution is 2.17. The zero-order chi connectivity index (χ0) is 14.4. The van der Waals surface area contributed by atoms with Crippen LogP contribution in [0, 0.1) is 5.92 Å². The van der Waals surface area contributed by atoms with Gasteiger partial charge in [0.1, 0.15) is 0 Å². The van der Waals surface area contributed by atoms with Gasteiger partial charge in [-0.15, -0.1) is 0 Å². The Bertz CT molecular complexity index is 296. The van der Waals surface area contributed by atoms with E-state index >= 15 is 0 Å². The van der Waals surface area contributed by atoms with Crippen LogP contribution in [0.15, 0.2) is 0 Å². The first-order chi connectivity index (χ1) is 9.72. The molecule has 0 aromatic rings. The van der Waals surface area contributed by atoms with Gasteiger partial charge in [0.2, 0.25) is 5.91 Å². The van der Waals surface area contributed by atoms with Gasteiger partial charge in [0.05, 0.1) is 6.04 Å². The van der Waals surface area contributed by atoms with Gasteiger partial charge in [-0.1, -0.05) is 6.92 Å². The molecule has 2 saturated heterocycles. The Morgan fingerprint density at radius 2 is 2.10 bits per heavy atom. The molecule has 0 aromatic carbocycles. The third-order valence-electron chi connectivity index (χ3n) is 4.73. The van der Waals surface area contributed by atoms with Gasteiger partial charge in [0, 0.05) is 19.6 Å². The summed E-state index contributed by atoms with van der Waals surface area (Å²) in [5.74, 6) is 1.06. The van der Waals surface area contributed by atoms with E-state index in [1.165, 1.54) is 25.7 Å². The summed E-state index contributed by atoms with van der Waals surface area (Å²) in [5.41, 5.74) is 0. The summed E-state index contributed by atoms with van der Waals surface area (Å²) >= 11 is 0. The van der Waals surface area contributed by atoms with Gasteiger partial charge >= 0.3 is 0 Å². The van der Waals surface area contributed by atoms with E-state index in [4.69, 9.17) is 0 Å². The molecule has 20 heavy (non-hydrogen) atoms. The molecule has 2 aliphatic rings. The van der Waals surface area contributed by atoms with Crippen molar-refractivity contribution in [3.63, 3.8) is 0 Å². The number of piperidine rings is 1. The number of hydrogen-bond acceptors (Lipinski definition) is 3. The minimum Gasteiger partial charge on any atom is -0.341 e. The van der Waals surface area contributed by atoms with Gasteiger partial charge in [0.15, 0.2) is 0 Å². The van der Waals surface area contributed by atoms with Crippen molar-refractivity contribution in [2.24, 2.45) is 5.92 Å². The summed E-state index contributed by atoms with van der Waals surface area (Å²) in [6, 6.07) is 0.0509. The second-order valence-electron chi connectivity index (χ2n) is 6.42. The van der Waals surface area contributed by atoms with Crippen LogP contribution in [0.3, 0.4) is 0 Å². The van der Waals surface area contributed by atoms with Crippen LogP contribution in [0.1, 0.15) is 46.0 Å². The molecule has 0 spiro atoms. The average molecular weight is 281 g/mol. The zero-order valence-electron chi connectivity index (χ0n) is 13.2. The fourth-order valence-corrected chi connectivity index (χ4v) is 3.50. The molecule has 2 rings (SSSR count). The molecule has 0 aliphatic carbocycles. The molecule has 116 valence electrons. The Morgan fingerprint density at radius 3 is 2.70 bits per heavy atom. The molecule has 0 saturated carbocycles. The lowest BCUT2D eigenvalue weighted by Crippen LogP contribution is -2.49. The Morgan fingerprint density at radius 1 is 1.35 bits per heavy atom. The van der Waals surface area contributed by atoms with Crippen molar-refractivity contribution in [3.05, 3.63) is 0 Å². The van der Waals surface area contributed by atoms with Crippen molar-refractivity contribution in [3.8, 4) is 0 Å². The normalized spacial score (nSPS) is 25.1. The average Bonchev–Trinajstić information content (AvgIpc) is 3.00. The van der Waals surface area contributed by atoms with E-state index < -0.39 is 0 Å². The van der Waals surface area contributed by atoms with Crippen molar-refractivity contribution in [1.29, 1.82) is 0 Å². The molecule has 0 bridgehead atoms. The van der Waals surface area contributed by atoms with Crippen LogP contribution in [0.25, 0.3) is 0 Å². The predicted molar refractivity (Wildman–Crippen MR) is 82.7 cm³/mol. The van der Waals surface area contributed by atoms with Crippen LogP contribution in [-0.2, 0) is 4.79 Å². The first-order valence-electron chi connectivity index (χ1n) is 8.46. The summed E-state index contributed by atoms with van der Waals surface area (Å²) in [6.45, 7) is 10.6. The summed E-state index contributed by atoms with van der Waals surface area (Å²) in [7, 11) is 0. The highest BCUT2D eigenvalue weighted by atomic mass is 16.2. The smallest absolute Gasteiger partial charge is 0.239 e. The van der Waals surface area contributed by atoms with Crippen LogP contribution in [0.2, 0.25) is 0 Å². The Hall–Kier alpha value is -0.610. The first kappa shape index (κ1) is 15.8. The molecule has 4 nitrogen and oxygen atoms in total. The molecule has 2 atom stereocenters. The minimum atomic E-state index is 0.0509. The summed E-state index contributed by atoms with van der Waals surface area (Å²) in [5, 5.41) is 3.48. The van der Waals surface area contributed by atoms with Gasteiger partial charge in [-0.25, -0.2) is 0 Å². The molecule has 2 aliphatic heterocycles. The highest BCUT2D eigenvalue weighted by Gasteiger charge is 2.29. The van der Waals surface area contributed by atoms with Crippen molar-refractivity contribution >= 4 is 5.91 Å². The topological polar surface area (TPSA) is 35.6 Å². The van der Waals surface area contributed by atoms with Gasteiger partial charge in [0.25, 0.3) is 0 Å². The van der Waals surface area contributed by atoms with Crippen LogP contribution in [-0.4, -0.2) is 61.0 Å². The molecular formula is C16H31N3O. The standard InChI is InChI=1S/C16H31N3O/c1-3-9-19(13-15-7-6-8-17-12-15)14(2)16(20)18-10-4-5-11-18/h14-15,17H,3-13H2,1-2H3. The van der Waals surface area contributed by atoms with Gasteiger partial charge < -0.3 is 10.2 Å². The number of likely N-dealkylation sites (tertiary alicyclic amines) is 1. The van der Waals surface area contributed by atoms with Crippen molar-refractivity contribution in [2.45, 2.75) is 52.0 Å². The lowest BCUT2D eigenvalue weighted by Gasteiger charge is -2.35. The van der Waals surface area contributed by atoms with E-state index in [1.54, 1.807) is 0 Å². The van der Waals surface area contributed by atoms with Crippen LogP contribution >= 0.6 is 0 Å². The lowest BCUT2D eigenvalue weighted by atomic mass is 9.98. The van der Waals surface area contributed by atoms with Crippen molar-refractivity contribution < 1.29 is 4.79 Å². The van der Waals surface area contributed by atoms with Crippen molar-refractivity contribution in [1.82, 2.24) is 15.1 Å². The second kappa shape index (κ2) is 7.99. The van der Waals surface area contributed by atoms with E-state index in [-0.39, 0.29) is 6.04 Å². The Kier molecular flexibility index (Phi) is 6.30. The van der Waals surface area contributed by atoms with E-state index in [0.717, 1.165) is 45.7 Å². The Labute approximate surface area is 123 Å². The van der Waals surface area contributed by atoms with E-state index in [1.807, 2.05) is 0 Å². The number of nitrogens with zero attached hydrogens (tertiary/aromatic N) is 2. The minimum absolute atomic E-state index is 0.0509. The molecule has 2 fully saturated rings. The van der Waals surface area contributed by atoms with E-state index in [2.05, 4.69) is 29.0 Å². The zero-order valence-corrected chi connectivity index (χ0v) is 13.2. The predicted octanol–water partition coefficient (Wildman–Crippen LogP) is 1.71. The lowest BCUT2D eigenvalue weighted by molar-refractivity contribution is -0.135. The maximum absolute atomic E-state index is 12.6. The highest BCUT2D eigenvalue weighted by molar-refractivity contribution is 5.81. The quantitative estimate of drug-likeness (QED) is 0.805. The molecule has 2 unspecified atom stereocenters. The SMILES string of the molecule is CCCN(CC1CCCNC1)C(C)C(=O)N1CCCC1.